The molecule has 0 N–H and O–H groups in total. The molecular formula is C19H31O2. The summed E-state index contributed by atoms with van der Waals surface area (Å²) in [5.41, 5.74) is 1.39. The number of hydrogen-bond acceptors (Lipinski definition) is 2. The summed E-state index contributed by atoms with van der Waals surface area (Å²) in [6, 6.07) is 8.34. The molecule has 0 atom stereocenters. The van der Waals surface area contributed by atoms with Crippen LogP contribution >= 0.6 is 0 Å². The largest absolute Gasteiger partial charge is 0.458 e. The van der Waals surface area contributed by atoms with Gasteiger partial charge in [-0.2, -0.15) is 0 Å². The predicted molar refractivity (Wildman–Crippen MR) is 89.3 cm³/mol. The van der Waals surface area contributed by atoms with E-state index >= 15 is 0 Å². The van der Waals surface area contributed by atoms with Crippen molar-refractivity contribution < 1.29 is 9.47 Å². The number of rotatable bonds is 13. The third-order valence-corrected chi connectivity index (χ3v) is 3.57. The number of ether oxygens (including phenoxy) is 2. The van der Waals surface area contributed by atoms with E-state index in [2.05, 4.69) is 26.0 Å². The Morgan fingerprint density at radius 2 is 1.48 bits per heavy atom. The molecule has 0 saturated heterocycles. The van der Waals surface area contributed by atoms with Crippen LogP contribution in [0, 0.1) is 6.79 Å². The quantitative estimate of drug-likeness (QED) is 0.421. The van der Waals surface area contributed by atoms with Crippen LogP contribution in [0.25, 0.3) is 0 Å². The van der Waals surface area contributed by atoms with Gasteiger partial charge in [-0.3, -0.25) is 0 Å². The first kappa shape index (κ1) is 18.0. The van der Waals surface area contributed by atoms with E-state index in [-0.39, 0.29) is 0 Å². The first-order valence-corrected chi connectivity index (χ1v) is 8.55. The van der Waals surface area contributed by atoms with Gasteiger partial charge in [-0.05, 0) is 37.0 Å². The fraction of sp³-hybridized carbons (Fsp3) is 0.632. The summed E-state index contributed by atoms with van der Waals surface area (Å²) in [7, 11) is 0. The molecule has 1 aromatic rings. The lowest BCUT2D eigenvalue weighted by atomic mass is 10.0. The first-order chi connectivity index (χ1) is 10.4. The summed E-state index contributed by atoms with van der Waals surface area (Å²) in [5, 5.41) is 0. The van der Waals surface area contributed by atoms with E-state index in [1.165, 1.54) is 63.7 Å². The molecule has 1 radical (unpaired) electrons. The highest BCUT2D eigenvalue weighted by Crippen LogP contribution is 2.16. The molecule has 2 heteroatoms. The van der Waals surface area contributed by atoms with E-state index in [4.69, 9.17) is 9.47 Å². The Kier molecular flexibility index (Phi) is 10.9. The third-order valence-electron chi connectivity index (χ3n) is 3.57. The number of benzene rings is 1. The molecular weight excluding hydrogens is 260 g/mol. The van der Waals surface area contributed by atoms with Gasteiger partial charge in [0.05, 0.1) is 6.61 Å². The molecule has 1 aromatic carbocycles. The van der Waals surface area contributed by atoms with Crippen LogP contribution < -0.4 is 4.74 Å². The van der Waals surface area contributed by atoms with E-state index in [9.17, 15) is 0 Å². The van der Waals surface area contributed by atoms with Crippen molar-refractivity contribution in [1.29, 1.82) is 0 Å². The highest BCUT2D eigenvalue weighted by Gasteiger charge is 1.97. The molecule has 0 aliphatic carbocycles. The molecule has 0 unspecified atom stereocenters. The monoisotopic (exact) mass is 291 g/mol. The minimum absolute atomic E-state index is 0.705. The van der Waals surface area contributed by atoms with Crippen molar-refractivity contribution >= 4 is 0 Å². The van der Waals surface area contributed by atoms with Crippen LogP contribution in [0.15, 0.2) is 24.3 Å². The number of hydrogen-bond donors (Lipinski definition) is 0. The molecule has 0 fully saturated rings. The van der Waals surface area contributed by atoms with Gasteiger partial charge in [0.25, 0.3) is 6.79 Å². The fourth-order valence-corrected chi connectivity index (χ4v) is 2.28. The van der Waals surface area contributed by atoms with Gasteiger partial charge in [-0.1, -0.05) is 64.5 Å². The fourth-order valence-electron chi connectivity index (χ4n) is 2.28. The maximum absolute atomic E-state index is 5.40. The van der Waals surface area contributed by atoms with Crippen molar-refractivity contribution in [3.8, 4) is 5.75 Å². The van der Waals surface area contributed by atoms with Gasteiger partial charge < -0.3 is 9.47 Å². The summed E-state index contributed by atoms with van der Waals surface area (Å²) in [6.07, 6.45) is 11.7. The second-order valence-electron chi connectivity index (χ2n) is 5.60. The highest BCUT2D eigenvalue weighted by atomic mass is 16.7. The Labute approximate surface area is 130 Å². The summed E-state index contributed by atoms with van der Waals surface area (Å²) >= 11 is 0. The zero-order valence-electron chi connectivity index (χ0n) is 13.8. The zero-order valence-corrected chi connectivity index (χ0v) is 13.8. The Morgan fingerprint density at radius 3 is 2.14 bits per heavy atom. The summed E-state index contributed by atoms with van der Waals surface area (Å²) in [6.45, 7) is 6.47. The van der Waals surface area contributed by atoms with Gasteiger partial charge >= 0.3 is 0 Å². The van der Waals surface area contributed by atoms with Crippen molar-refractivity contribution in [2.75, 3.05) is 6.61 Å². The second-order valence-corrected chi connectivity index (χ2v) is 5.60. The highest BCUT2D eigenvalue weighted by molar-refractivity contribution is 5.27. The van der Waals surface area contributed by atoms with Gasteiger partial charge in [0.1, 0.15) is 5.75 Å². The summed E-state index contributed by atoms with van der Waals surface area (Å²) < 4.78 is 10.6. The SMILES string of the molecule is CCCCCCCCCc1ccc(O[CH]OCCC)cc1. The lowest BCUT2D eigenvalue weighted by molar-refractivity contribution is 0.0924. The lowest BCUT2D eigenvalue weighted by Crippen LogP contribution is -1.96. The van der Waals surface area contributed by atoms with Crippen molar-refractivity contribution in [2.45, 2.75) is 71.6 Å². The molecule has 21 heavy (non-hydrogen) atoms. The Bertz CT molecular complexity index is 332. The van der Waals surface area contributed by atoms with Crippen LogP contribution in [0.3, 0.4) is 0 Å². The number of unbranched alkanes of at least 4 members (excludes halogenated alkanes) is 6. The minimum atomic E-state index is 0.705. The smallest absolute Gasteiger partial charge is 0.263 e. The minimum Gasteiger partial charge on any atom is -0.458 e. The van der Waals surface area contributed by atoms with Crippen LogP contribution in [-0.2, 0) is 11.2 Å². The average Bonchev–Trinajstić information content (AvgIpc) is 2.52. The van der Waals surface area contributed by atoms with Gasteiger partial charge in [-0.15, -0.1) is 0 Å². The first-order valence-electron chi connectivity index (χ1n) is 8.55. The molecule has 0 bridgehead atoms. The van der Waals surface area contributed by atoms with Gasteiger partial charge in [-0.25, -0.2) is 0 Å². The Morgan fingerprint density at radius 1 is 0.810 bits per heavy atom. The summed E-state index contributed by atoms with van der Waals surface area (Å²) in [5.74, 6) is 0.842. The zero-order chi connectivity index (χ0) is 15.2. The van der Waals surface area contributed by atoms with E-state index in [0.29, 0.717) is 6.61 Å². The van der Waals surface area contributed by atoms with Gasteiger partial charge in [0, 0.05) is 0 Å². The normalized spacial score (nSPS) is 10.8. The molecule has 0 heterocycles. The molecule has 0 aliphatic heterocycles. The van der Waals surface area contributed by atoms with Crippen LogP contribution in [0.5, 0.6) is 5.75 Å². The standard InChI is InChI=1S/C19H31O2/c1-3-5-6-7-8-9-10-11-18-12-14-19(15-13-18)21-17-20-16-4-2/h12-15,17H,3-11,16H2,1-2H3. The van der Waals surface area contributed by atoms with Crippen molar-refractivity contribution in [1.82, 2.24) is 0 Å². The van der Waals surface area contributed by atoms with Gasteiger partial charge in [0.15, 0.2) is 0 Å². The van der Waals surface area contributed by atoms with E-state index in [1.54, 1.807) is 0 Å². The van der Waals surface area contributed by atoms with Crippen LogP contribution in [0.4, 0.5) is 0 Å². The molecule has 0 spiro atoms. The Hall–Kier alpha value is -1.02. The summed E-state index contributed by atoms with van der Waals surface area (Å²) in [4.78, 5) is 0. The van der Waals surface area contributed by atoms with Crippen LogP contribution in [0.1, 0.15) is 70.8 Å². The van der Waals surface area contributed by atoms with E-state index < -0.39 is 0 Å². The van der Waals surface area contributed by atoms with Crippen LogP contribution in [0.2, 0.25) is 0 Å². The molecule has 0 aliphatic rings. The van der Waals surface area contributed by atoms with Gasteiger partial charge in [0.2, 0.25) is 0 Å². The second kappa shape index (κ2) is 12.7. The maximum Gasteiger partial charge on any atom is 0.263 e. The topological polar surface area (TPSA) is 18.5 Å². The molecule has 0 saturated carbocycles. The lowest BCUT2D eigenvalue weighted by Gasteiger charge is -2.06. The van der Waals surface area contributed by atoms with Crippen molar-refractivity contribution in [3.63, 3.8) is 0 Å². The van der Waals surface area contributed by atoms with Crippen LogP contribution in [-0.4, -0.2) is 6.61 Å². The van der Waals surface area contributed by atoms with Crippen molar-refractivity contribution in [2.24, 2.45) is 0 Å². The maximum atomic E-state index is 5.40. The van der Waals surface area contributed by atoms with E-state index in [1.807, 2.05) is 12.1 Å². The Balaban J connectivity index is 2.07. The molecule has 0 aromatic heterocycles. The molecule has 2 nitrogen and oxygen atoms in total. The number of aryl methyl sites for hydroxylation is 1. The predicted octanol–water partition coefficient (Wildman–Crippen LogP) is 5.90. The third kappa shape index (κ3) is 9.52. The average molecular weight is 291 g/mol. The molecule has 119 valence electrons. The van der Waals surface area contributed by atoms with Crippen molar-refractivity contribution in [3.05, 3.63) is 36.6 Å². The van der Waals surface area contributed by atoms with E-state index in [0.717, 1.165) is 12.2 Å². The molecule has 1 rings (SSSR count). The molecule has 0 amide bonds.